The number of nitrogens with one attached hydrogen (secondary N) is 1. The number of fused-ring (bicyclic) bond motifs is 1. The van der Waals surface area contributed by atoms with Crippen molar-refractivity contribution in [2.75, 3.05) is 19.5 Å². The van der Waals surface area contributed by atoms with Crippen LogP contribution in [0.4, 0.5) is 5.82 Å². The number of hydrogen-bond donors (Lipinski definition) is 1. The number of ether oxygens (including phenoxy) is 2. The molecule has 0 saturated heterocycles. The molecule has 0 radical (unpaired) electrons. The summed E-state index contributed by atoms with van der Waals surface area (Å²) in [5.74, 6) is 0.0643. The predicted octanol–water partition coefficient (Wildman–Crippen LogP) is 4.08. The predicted molar refractivity (Wildman–Crippen MR) is 126 cm³/mol. The third-order valence-corrected chi connectivity index (χ3v) is 5.67. The van der Waals surface area contributed by atoms with E-state index in [9.17, 15) is 14.4 Å². The van der Waals surface area contributed by atoms with E-state index in [0.29, 0.717) is 34.0 Å². The number of anilines is 1. The molecule has 2 aromatic carbocycles. The maximum Gasteiger partial charge on any atom is 0.262 e. The van der Waals surface area contributed by atoms with Crippen LogP contribution in [0.3, 0.4) is 0 Å². The van der Waals surface area contributed by atoms with Crippen LogP contribution in [0, 0.1) is 13.8 Å². The lowest BCUT2D eigenvalue weighted by Crippen LogP contribution is -2.36. The molecule has 1 atom stereocenters. The van der Waals surface area contributed by atoms with Crippen LogP contribution >= 0.6 is 0 Å². The second-order valence-corrected chi connectivity index (χ2v) is 8.08. The van der Waals surface area contributed by atoms with Gasteiger partial charge in [-0.3, -0.25) is 19.3 Å². The molecule has 2 heterocycles. The zero-order valence-electron chi connectivity index (χ0n) is 19.4. The summed E-state index contributed by atoms with van der Waals surface area (Å²) in [6.45, 7) is 3.75. The highest BCUT2D eigenvalue weighted by Gasteiger charge is 2.41. The first-order valence-electron chi connectivity index (χ1n) is 10.8. The van der Waals surface area contributed by atoms with E-state index in [1.807, 2.05) is 19.9 Å². The lowest BCUT2D eigenvalue weighted by Gasteiger charge is -2.27. The summed E-state index contributed by atoms with van der Waals surface area (Å²) in [5.41, 5.74) is 2.92. The summed E-state index contributed by atoms with van der Waals surface area (Å²) >= 11 is 0. The second kappa shape index (κ2) is 9.35. The van der Waals surface area contributed by atoms with Gasteiger partial charge in [0.05, 0.1) is 37.8 Å². The number of carbonyl (C=O) groups is 3. The molecule has 3 amide bonds. The van der Waals surface area contributed by atoms with E-state index < -0.39 is 17.9 Å². The normalized spacial score (nSPS) is 13.5. The molecular weight excluding hydrogens is 434 g/mol. The number of benzene rings is 2. The van der Waals surface area contributed by atoms with Gasteiger partial charge in [0.15, 0.2) is 11.5 Å². The number of rotatable bonds is 7. The quantitative estimate of drug-likeness (QED) is 0.535. The molecule has 1 aromatic heterocycles. The van der Waals surface area contributed by atoms with Crippen molar-refractivity contribution in [3.8, 4) is 11.5 Å². The van der Waals surface area contributed by atoms with Crippen LogP contribution in [-0.4, -0.2) is 41.8 Å². The van der Waals surface area contributed by atoms with E-state index in [1.54, 1.807) is 48.5 Å². The Hall–Kier alpha value is -4.20. The van der Waals surface area contributed by atoms with Gasteiger partial charge in [-0.25, -0.2) is 4.98 Å². The molecule has 0 fully saturated rings. The van der Waals surface area contributed by atoms with Crippen molar-refractivity contribution >= 4 is 23.5 Å². The molecular formula is C26H25N3O5. The Labute approximate surface area is 197 Å². The molecule has 3 aromatic rings. The Morgan fingerprint density at radius 1 is 0.941 bits per heavy atom. The zero-order valence-corrected chi connectivity index (χ0v) is 19.4. The fraction of sp³-hybridized carbons (Fsp3) is 0.231. The van der Waals surface area contributed by atoms with Crippen LogP contribution in [0.15, 0.2) is 54.6 Å². The van der Waals surface area contributed by atoms with Gasteiger partial charge in [0.2, 0.25) is 5.91 Å². The Morgan fingerprint density at radius 2 is 1.59 bits per heavy atom. The SMILES string of the molecule is COc1ccc(C(CC(=O)Nc2cc(C)cc(C)n2)N2C(=O)c3ccccc3C2=O)cc1OC. The van der Waals surface area contributed by atoms with Crippen LogP contribution in [0.25, 0.3) is 0 Å². The highest BCUT2D eigenvalue weighted by atomic mass is 16.5. The van der Waals surface area contributed by atoms with E-state index >= 15 is 0 Å². The van der Waals surface area contributed by atoms with Gasteiger partial charge in [-0.05, 0) is 61.4 Å². The summed E-state index contributed by atoms with van der Waals surface area (Å²) in [4.78, 5) is 45.0. The fourth-order valence-corrected chi connectivity index (χ4v) is 4.18. The van der Waals surface area contributed by atoms with Crippen LogP contribution < -0.4 is 14.8 Å². The van der Waals surface area contributed by atoms with Crippen LogP contribution in [0.2, 0.25) is 0 Å². The molecule has 0 aliphatic carbocycles. The monoisotopic (exact) mass is 459 g/mol. The number of imide groups is 1. The molecule has 8 nitrogen and oxygen atoms in total. The number of carbonyl (C=O) groups excluding carboxylic acids is 3. The summed E-state index contributed by atoms with van der Waals surface area (Å²) in [6.07, 6.45) is -0.157. The van der Waals surface area contributed by atoms with Gasteiger partial charge in [-0.2, -0.15) is 0 Å². The molecule has 1 aliphatic rings. The lowest BCUT2D eigenvalue weighted by molar-refractivity contribution is -0.117. The average molecular weight is 460 g/mol. The van der Waals surface area contributed by atoms with E-state index in [0.717, 1.165) is 16.2 Å². The highest BCUT2D eigenvalue weighted by molar-refractivity contribution is 6.21. The minimum atomic E-state index is -0.863. The van der Waals surface area contributed by atoms with Crippen molar-refractivity contribution < 1.29 is 23.9 Å². The molecule has 1 aliphatic heterocycles. The molecule has 0 spiro atoms. The first-order valence-corrected chi connectivity index (χ1v) is 10.8. The maximum absolute atomic E-state index is 13.2. The Balaban J connectivity index is 1.71. The third-order valence-electron chi connectivity index (χ3n) is 5.67. The summed E-state index contributed by atoms with van der Waals surface area (Å²) < 4.78 is 10.7. The number of hydrogen-bond acceptors (Lipinski definition) is 6. The topological polar surface area (TPSA) is 97.8 Å². The van der Waals surface area contributed by atoms with E-state index in [2.05, 4.69) is 10.3 Å². The second-order valence-electron chi connectivity index (χ2n) is 8.08. The minimum Gasteiger partial charge on any atom is -0.493 e. The van der Waals surface area contributed by atoms with Gasteiger partial charge in [0.25, 0.3) is 11.8 Å². The van der Waals surface area contributed by atoms with Crippen molar-refractivity contribution in [3.05, 3.63) is 82.5 Å². The standard InChI is InChI=1S/C26H25N3O5/c1-15-11-16(2)27-23(12-15)28-24(30)14-20(17-9-10-21(33-3)22(13-17)34-4)29-25(31)18-7-5-6-8-19(18)26(29)32/h5-13,20H,14H2,1-4H3,(H,27,28,30). The number of aryl methyl sites for hydroxylation is 2. The number of methoxy groups -OCH3 is 2. The van der Waals surface area contributed by atoms with Crippen molar-refractivity contribution in [2.45, 2.75) is 26.3 Å². The van der Waals surface area contributed by atoms with Gasteiger partial charge in [-0.1, -0.05) is 18.2 Å². The van der Waals surface area contributed by atoms with Crippen molar-refractivity contribution in [1.29, 1.82) is 0 Å². The Kier molecular flexibility index (Phi) is 6.32. The molecule has 174 valence electrons. The largest absolute Gasteiger partial charge is 0.493 e. The van der Waals surface area contributed by atoms with Crippen molar-refractivity contribution in [1.82, 2.24) is 9.88 Å². The average Bonchev–Trinajstić information content (AvgIpc) is 3.06. The first-order chi connectivity index (χ1) is 16.3. The number of nitrogens with zero attached hydrogens (tertiary/aromatic N) is 2. The summed E-state index contributed by atoms with van der Waals surface area (Å²) in [5, 5.41) is 2.79. The Morgan fingerprint density at radius 3 is 2.18 bits per heavy atom. The lowest BCUT2D eigenvalue weighted by atomic mass is 10.0. The van der Waals surface area contributed by atoms with Crippen LogP contribution in [-0.2, 0) is 4.79 Å². The first kappa shape index (κ1) is 23.0. The van der Waals surface area contributed by atoms with Gasteiger partial charge in [0.1, 0.15) is 5.82 Å². The van der Waals surface area contributed by atoms with Gasteiger partial charge in [0, 0.05) is 5.69 Å². The molecule has 0 bridgehead atoms. The van der Waals surface area contributed by atoms with Gasteiger partial charge in [-0.15, -0.1) is 0 Å². The van der Waals surface area contributed by atoms with E-state index in [-0.39, 0.29) is 12.3 Å². The third kappa shape index (κ3) is 4.34. The Bertz CT molecular complexity index is 1230. The van der Waals surface area contributed by atoms with Crippen LogP contribution in [0.1, 0.15) is 50.0 Å². The molecule has 8 heteroatoms. The van der Waals surface area contributed by atoms with Gasteiger partial charge >= 0.3 is 0 Å². The van der Waals surface area contributed by atoms with Crippen LogP contribution in [0.5, 0.6) is 11.5 Å². The molecule has 34 heavy (non-hydrogen) atoms. The van der Waals surface area contributed by atoms with Gasteiger partial charge < -0.3 is 14.8 Å². The van der Waals surface area contributed by atoms with Crippen molar-refractivity contribution in [3.63, 3.8) is 0 Å². The molecule has 0 saturated carbocycles. The van der Waals surface area contributed by atoms with Crippen molar-refractivity contribution in [2.24, 2.45) is 0 Å². The molecule has 1 unspecified atom stereocenters. The number of aromatic nitrogens is 1. The summed E-state index contributed by atoms with van der Waals surface area (Å²) in [7, 11) is 3.01. The maximum atomic E-state index is 13.2. The zero-order chi connectivity index (χ0) is 24.4. The smallest absolute Gasteiger partial charge is 0.262 e. The molecule has 1 N–H and O–H groups in total. The fourth-order valence-electron chi connectivity index (χ4n) is 4.18. The van der Waals surface area contributed by atoms with E-state index in [4.69, 9.17) is 9.47 Å². The minimum absolute atomic E-state index is 0.157. The highest BCUT2D eigenvalue weighted by Crippen LogP contribution is 2.37. The number of pyridine rings is 1. The number of amides is 3. The molecule has 4 rings (SSSR count). The van der Waals surface area contributed by atoms with E-state index in [1.165, 1.54) is 14.2 Å². The summed E-state index contributed by atoms with van der Waals surface area (Å²) in [6, 6.07) is 14.5.